The van der Waals surface area contributed by atoms with Crippen molar-refractivity contribution in [3.8, 4) is 17.0 Å². The standard InChI is InChI=1S/C15H11N3O3S/c1-18-13(19)9-6-8-11(16-12(9)17-15(18)22)7-4-2-3-5-10(7)21-14(8)20/h2-6,14,20H,1H3,(H,16,17,22). The van der Waals surface area contributed by atoms with Crippen LogP contribution in [0.2, 0.25) is 0 Å². The maximum Gasteiger partial charge on any atom is 0.263 e. The Kier molecular flexibility index (Phi) is 2.69. The van der Waals surface area contributed by atoms with Gasteiger partial charge in [-0.3, -0.25) is 9.36 Å². The highest BCUT2D eigenvalue weighted by atomic mass is 32.1. The van der Waals surface area contributed by atoms with E-state index in [0.29, 0.717) is 32.8 Å². The molecule has 0 radical (unpaired) electrons. The quantitative estimate of drug-likeness (QED) is 0.621. The largest absolute Gasteiger partial charge is 0.460 e. The second-order valence-corrected chi connectivity index (χ2v) is 5.47. The second kappa shape index (κ2) is 4.49. The van der Waals surface area contributed by atoms with Crippen molar-refractivity contribution in [1.29, 1.82) is 0 Å². The third-order valence-corrected chi connectivity index (χ3v) is 4.14. The summed E-state index contributed by atoms with van der Waals surface area (Å²) in [6.07, 6.45) is -1.16. The highest BCUT2D eigenvalue weighted by molar-refractivity contribution is 7.71. The number of aliphatic hydroxyl groups is 1. The van der Waals surface area contributed by atoms with Crippen molar-refractivity contribution >= 4 is 23.3 Å². The lowest BCUT2D eigenvalue weighted by Crippen LogP contribution is -2.21. The molecule has 0 amide bonds. The number of aromatic nitrogens is 3. The number of ether oxygens (including phenoxy) is 1. The number of aromatic amines is 1. The maximum atomic E-state index is 12.3. The van der Waals surface area contributed by atoms with Gasteiger partial charge in [-0.05, 0) is 30.4 Å². The first-order valence-electron chi connectivity index (χ1n) is 6.64. The zero-order valence-corrected chi connectivity index (χ0v) is 12.3. The van der Waals surface area contributed by atoms with Gasteiger partial charge in [0.25, 0.3) is 5.56 Å². The van der Waals surface area contributed by atoms with Crippen LogP contribution in [-0.4, -0.2) is 19.6 Å². The van der Waals surface area contributed by atoms with Crippen LogP contribution in [0.25, 0.3) is 22.3 Å². The van der Waals surface area contributed by atoms with E-state index in [2.05, 4.69) is 9.97 Å². The summed E-state index contributed by atoms with van der Waals surface area (Å²) in [7, 11) is 1.59. The van der Waals surface area contributed by atoms with Crippen molar-refractivity contribution in [3.05, 3.63) is 51.0 Å². The first-order valence-corrected chi connectivity index (χ1v) is 7.05. The molecule has 1 atom stereocenters. The van der Waals surface area contributed by atoms with Gasteiger partial charge in [-0.2, -0.15) is 0 Å². The number of H-pyrrole nitrogens is 1. The lowest BCUT2D eigenvalue weighted by Gasteiger charge is -2.24. The molecule has 0 bridgehead atoms. The van der Waals surface area contributed by atoms with Crippen molar-refractivity contribution in [2.45, 2.75) is 6.29 Å². The number of nitrogens with one attached hydrogen (secondary N) is 1. The van der Waals surface area contributed by atoms with E-state index in [1.165, 1.54) is 4.57 Å². The summed E-state index contributed by atoms with van der Waals surface area (Å²) >= 11 is 5.12. The molecule has 1 aliphatic rings. The second-order valence-electron chi connectivity index (χ2n) is 5.08. The van der Waals surface area contributed by atoms with E-state index in [9.17, 15) is 9.90 Å². The van der Waals surface area contributed by atoms with Crippen molar-refractivity contribution in [2.24, 2.45) is 7.05 Å². The fraction of sp³-hybridized carbons (Fsp3) is 0.133. The average Bonchev–Trinajstić information content (AvgIpc) is 2.52. The Morgan fingerprint density at radius 3 is 3.00 bits per heavy atom. The number of hydrogen-bond donors (Lipinski definition) is 2. The zero-order chi connectivity index (χ0) is 15.4. The molecule has 1 aliphatic heterocycles. The number of fused-ring (bicyclic) bond motifs is 4. The lowest BCUT2D eigenvalue weighted by atomic mass is 10.0. The normalized spacial score (nSPS) is 16.0. The molecule has 0 saturated heterocycles. The van der Waals surface area contributed by atoms with Gasteiger partial charge >= 0.3 is 0 Å². The molecule has 2 aromatic heterocycles. The molecule has 4 rings (SSSR count). The molecule has 0 fully saturated rings. The molecule has 0 spiro atoms. The minimum absolute atomic E-state index is 0.264. The third-order valence-electron chi connectivity index (χ3n) is 3.76. The predicted octanol–water partition coefficient (Wildman–Crippen LogP) is 2.04. The predicted molar refractivity (Wildman–Crippen MR) is 83.2 cm³/mol. The zero-order valence-electron chi connectivity index (χ0n) is 11.5. The smallest absolute Gasteiger partial charge is 0.263 e. The fourth-order valence-corrected chi connectivity index (χ4v) is 2.78. The lowest BCUT2D eigenvalue weighted by molar-refractivity contribution is -0.0215. The maximum absolute atomic E-state index is 12.3. The van der Waals surface area contributed by atoms with Gasteiger partial charge in [0.2, 0.25) is 6.29 Å². The van der Waals surface area contributed by atoms with Crippen molar-refractivity contribution in [1.82, 2.24) is 14.5 Å². The van der Waals surface area contributed by atoms with Crippen molar-refractivity contribution in [2.75, 3.05) is 0 Å². The van der Waals surface area contributed by atoms with E-state index in [1.54, 1.807) is 19.2 Å². The molecular weight excluding hydrogens is 302 g/mol. The summed E-state index contributed by atoms with van der Waals surface area (Å²) in [6, 6.07) is 8.91. The number of nitrogens with zero attached hydrogens (tertiary/aromatic N) is 2. The van der Waals surface area contributed by atoms with Gasteiger partial charge < -0.3 is 14.8 Å². The Hall–Kier alpha value is -2.51. The Bertz CT molecular complexity index is 1040. The van der Waals surface area contributed by atoms with Crippen LogP contribution >= 0.6 is 12.2 Å². The SMILES string of the molecule is Cn1c(=S)[nH]c2nc3c(cc2c1=O)C(O)Oc1ccccc1-3. The highest BCUT2D eigenvalue weighted by Gasteiger charge is 2.26. The number of benzene rings is 1. The molecular formula is C15H11N3O3S. The fourth-order valence-electron chi connectivity index (χ4n) is 2.60. The summed E-state index contributed by atoms with van der Waals surface area (Å²) in [5.41, 5.74) is 1.95. The van der Waals surface area contributed by atoms with E-state index in [-0.39, 0.29) is 5.56 Å². The van der Waals surface area contributed by atoms with Crippen LogP contribution in [0.15, 0.2) is 35.1 Å². The average molecular weight is 313 g/mol. The Balaban J connectivity index is 2.14. The van der Waals surface area contributed by atoms with Crippen LogP contribution < -0.4 is 10.3 Å². The first kappa shape index (κ1) is 13.2. The van der Waals surface area contributed by atoms with Gasteiger partial charge in [-0.15, -0.1) is 0 Å². The van der Waals surface area contributed by atoms with Gasteiger partial charge in [-0.1, -0.05) is 12.1 Å². The van der Waals surface area contributed by atoms with Gasteiger partial charge in [0.05, 0.1) is 11.1 Å². The number of para-hydroxylation sites is 1. The summed E-state index contributed by atoms with van der Waals surface area (Å²) in [4.78, 5) is 19.7. The number of pyridine rings is 1. The van der Waals surface area contributed by atoms with E-state index in [1.807, 2.05) is 18.2 Å². The summed E-state index contributed by atoms with van der Waals surface area (Å²) < 4.78 is 7.10. The molecule has 3 heterocycles. The minimum atomic E-state index is -1.16. The van der Waals surface area contributed by atoms with Crippen LogP contribution in [0, 0.1) is 4.77 Å². The first-order chi connectivity index (χ1) is 10.6. The summed E-state index contributed by atoms with van der Waals surface area (Å²) in [6.45, 7) is 0. The Morgan fingerprint density at radius 2 is 2.18 bits per heavy atom. The Labute approximate surface area is 129 Å². The van der Waals surface area contributed by atoms with E-state index >= 15 is 0 Å². The molecule has 6 nitrogen and oxygen atoms in total. The van der Waals surface area contributed by atoms with Crippen LogP contribution in [0.1, 0.15) is 11.9 Å². The van der Waals surface area contributed by atoms with Gasteiger partial charge in [0, 0.05) is 18.2 Å². The van der Waals surface area contributed by atoms with E-state index in [4.69, 9.17) is 17.0 Å². The topological polar surface area (TPSA) is 80.1 Å². The monoisotopic (exact) mass is 313 g/mol. The van der Waals surface area contributed by atoms with E-state index in [0.717, 1.165) is 5.56 Å². The molecule has 3 aromatic rings. The molecule has 22 heavy (non-hydrogen) atoms. The highest BCUT2D eigenvalue weighted by Crippen LogP contribution is 2.40. The molecule has 1 unspecified atom stereocenters. The molecule has 1 aromatic carbocycles. The molecule has 7 heteroatoms. The number of hydrogen-bond acceptors (Lipinski definition) is 5. The van der Waals surface area contributed by atoms with Crippen molar-refractivity contribution in [3.63, 3.8) is 0 Å². The molecule has 0 aliphatic carbocycles. The van der Waals surface area contributed by atoms with E-state index < -0.39 is 6.29 Å². The third kappa shape index (κ3) is 1.73. The Morgan fingerprint density at radius 1 is 1.41 bits per heavy atom. The van der Waals surface area contributed by atoms with Crippen LogP contribution in [-0.2, 0) is 7.05 Å². The number of aliphatic hydroxyl groups excluding tert-OH is 1. The summed E-state index contributed by atoms with van der Waals surface area (Å²) in [5.74, 6) is 0.553. The van der Waals surface area contributed by atoms with Crippen molar-refractivity contribution < 1.29 is 9.84 Å². The van der Waals surface area contributed by atoms with Crippen LogP contribution in [0.4, 0.5) is 0 Å². The van der Waals surface area contributed by atoms with Gasteiger partial charge in [0.15, 0.2) is 4.77 Å². The van der Waals surface area contributed by atoms with Gasteiger partial charge in [0.1, 0.15) is 11.4 Å². The summed E-state index contributed by atoms with van der Waals surface area (Å²) in [5, 5.41) is 10.5. The van der Waals surface area contributed by atoms with Crippen LogP contribution in [0.5, 0.6) is 5.75 Å². The minimum Gasteiger partial charge on any atom is -0.460 e. The van der Waals surface area contributed by atoms with Gasteiger partial charge in [-0.25, -0.2) is 4.98 Å². The van der Waals surface area contributed by atoms with Crippen LogP contribution in [0.3, 0.4) is 0 Å². The number of rotatable bonds is 0. The molecule has 110 valence electrons. The molecule has 2 N–H and O–H groups in total. The molecule has 0 saturated carbocycles.